The van der Waals surface area contributed by atoms with Gasteiger partial charge in [0, 0.05) is 24.3 Å². The lowest BCUT2D eigenvalue weighted by Gasteiger charge is -2.07. The number of carbonyl (C=O) groups excluding carboxylic acids is 1. The Hall–Kier alpha value is -1.13. The Morgan fingerprint density at radius 1 is 1.37 bits per heavy atom. The number of nitrogens with zero attached hydrogens (tertiary/aromatic N) is 1. The number of carbonyl (C=O) groups is 1. The summed E-state index contributed by atoms with van der Waals surface area (Å²) >= 11 is 0. The van der Waals surface area contributed by atoms with Crippen molar-refractivity contribution in [3.05, 3.63) is 29.6 Å². The van der Waals surface area contributed by atoms with E-state index in [1.807, 2.05) is 0 Å². The number of halogens is 1. The SMILES string of the molecule is CC1(C)C(NC(=O)c2ccnc(CN)c2)C1(C)C.Cl. The number of rotatable bonds is 3. The van der Waals surface area contributed by atoms with Gasteiger partial charge in [-0.1, -0.05) is 27.7 Å². The number of nitrogens with one attached hydrogen (secondary N) is 1. The highest BCUT2D eigenvalue weighted by Gasteiger charge is 2.65. The van der Waals surface area contributed by atoms with Crippen molar-refractivity contribution in [1.82, 2.24) is 10.3 Å². The average molecular weight is 284 g/mol. The van der Waals surface area contributed by atoms with Crippen LogP contribution in [0, 0.1) is 10.8 Å². The molecule has 1 heterocycles. The molecule has 2 rings (SSSR count). The largest absolute Gasteiger partial charge is 0.348 e. The van der Waals surface area contributed by atoms with Crippen LogP contribution >= 0.6 is 12.4 Å². The maximum absolute atomic E-state index is 12.2. The molecule has 1 saturated carbocycles. The number of amides is 1. The predicted octanol–water partition coefficient (Wildman–Crippen LogP) is 2.13. The number of pyridine rings is 1. The van der Waals surface area contributed by atoms with E-state index < -0.39 is 0 Å². The highest BCUT2D eigenvalue weighted by molar-refractivity contribution is 5.94. The fraction of sp³-hybridized carbons (Fsp3) is 0.571. The quantitative estimate of drug-likeness (QED) is 0.893. The van der Waals surface area contributed by atoms with Gasteiger partial charge in [-0.2, -0.15) is 0 Å². The average Bonchev–Trinajstić information content (AvgIpc) is 2.71. The highest BCUT2D eigenvalue weighted by Crippen LogP contribution is 2.62. The lowest BCUT2D eigenvalue weighted by molar-refractivity contribution is 0.0943. The topological polar surface area (TPSA) is 68.0 Å². The van der Waals surface area contributed by atoms with Crippen molar-refractivity contribution < 1.29 is 4.79 Å². The molecule has 1 fully saturated rings. The minimum absolute atomic E-state index is 0. The third-order valence-corrected chi connectivity index (χ3v) is 4.58. The Bertz CT molecular complexity index is 471. The smallest absolute Gasteiger partial charge is 0.251 e. The molecule has 0 aromatic carbocycles. The van der Waals surface area contributed by atoms with Crippen LogP contribution in [0.5, 0.6) is 0 Å². The first-order valence-electron chi connectivity index (χ1n) is 6.26. The van der Waals surface area contributed by atoms with Gasteiger partial charge in [0.15, 0.2) is 0 Å². The lowest BCUT2D eigenvalue weighted by Crippen LogP contribution is -2.29. The zero-order valence-electron chi connectivity index (χ0n) is 11.9. The normalized spacial score (nSPS) is 19.4. The Morgan fingerprint density at radius 3 is 2.42 bits per heavy atom. The van der Waals surface area contributed by atoms with Gasteiger partial charge in [-0.3, -0.25) is 9.78 Å². The molecule has 0 aliphatic heterocycles. The Labute approximate surface area is 120 Å². The standard InChI is InChI=1S/C14H21N3O.ClH/c1-13(2)12(14(13,3)4)17-11(18)9-5-6-16-10(7-9)8-15;/h5-7,12H,8,15H2,1-4H3,(H,17,18);1H. The summed E-state index contributed by atoms with van der Waals surface area (Å²) in [6, 6.07) is 3.68. The zero-order valence-corrected chi connectivity index (χ0v) is 12.7. The van der Waals surface area contributed by atoms with Gasteiger partial charge in [0.1, 0.15) is 0 Å². The first-order valence-corrected chi connectivity index (χ1v) is 6.26. The van der Waals surface area contributed by atoms with Crippen LogP contribution in [0.3, 0.4) is 0 Å². The van der Waals surface area contributed by atoms with Crippen LogP contribution < -0.4 is 11.1 Å². The molecule has 1 aromatic rings. The van der Waals surface area contributed by atoms with Crippen LogP contribution in [-0.2, 0) is 6.54 Å². The predicted molar refractivity (Wildman–Crippen MR) is 78.2 cm³/mol. The van der Waals surface area contributed by atoms with Crippen molar-refractivity contribution in [3.63, 3.8) is 0 Å². The third kappa shape index (κ3) is 2.60. The molecule has 0 saturated heterocycles. The molecule has 1 aliphatic carbocycles. The summed E-state index contributed by atoms with van der Waals surface area (Å²) in [5, 5.41) is 3.09. The van der Waals surface area contributed by atoms with Crippen LogP contribution in [0.1, 0.15) is 43.7 Å². The fourth-order valence-corrected chi connectivity index (χ4v) is 2.50. The summed E-state index contributed by atoms with van der Waals surface area (Å²) < 4.78 is 0. The van der Waals surface area contributed by atoms with Gasteiger partial charge in [-0.05, 0) is 23.0 Å². The maximum atomic E-state index is 12.2. The van der Waals surface area contributed by atoms with E-state index >= 15 is 0 Å². The zero-order chi connectivity index (χ0) is 13.6. The molecule has 5 heteroatoms. The minimum atomic E-state index is -0.0456. The Morgan fingerprint density at radius 2 is 1.95 bits per heavy atom. The van der Waals surface area contributed by atoms with E-state index in [9.17, 15) is 4.79 Å². The van der Waals surface area contributed by atoms with Gasteiger partial charge in [0.05, 0.1) is 5.69 Å². The molecular formula is C14H22ClN3O. The molecule has 4 nitrogen and oxygen atoms in total. The Kier molecular flexibility index (Phi) is 4.27. The van der Waals surface area contributed by atoms with Gasteiger partial charge >= 0.3 is 0 Å². The second kappa shape index (κ2) is 5.10. The van der Waals surface area contributed by atoms with Gasteiger partial charge in [-0.25, -0.2) is 0 Å². The van der Waals surface area contributed by atoms with E-state index in [0.717, 1.165) is 5.69 Å². The molecule has 0 radical (unpaired) electrons. The Balaban J connectivity index is 0.00000180. The van der Waals surface area contributed by atoms with Crippen molar-refractivity contribution in [3.8, 4) is 0 Å². The van der Waals surface area contributed by atoms with Crippen LogP contribution in [-0.4, -0.2) is 16.9 Å². The van der Waals surface area contributed by atoms with Crippen molar-refractivity contribution >= 4 is 18.3 Å². The van der Waals surface area contributed by atoms with Crippen molar-refractivity contribution in [1.29, 1.82) is 0 Å². The van der Waals surface area contributed by atoms with E-state index in [0.29, 0.717) is 12.1 Å². The molecule has 0 bridgehead atoms. The maximum Gasteiger partial charge on any atom is 0.251 e. The van der Waals surface area contributed by atoms with Gasteiger partial charge in [0.25, 0.3) is 5.91 Å². The van der Waals surface area contributed by atoms with Crippen LogP contribution in [0.2, 0.25) is 0 Å². The molecule has 0 spiro atoms. The monoisotopic (exact) mass is 283 g/mol. The molecule has 106 valence electrons. The van der Waals surface area contributed by atoms with E-state index in [1.165, 1.54) is 0 Å². The van der Waals surface area contributed by atoms with Crippen LogP contribution in [0.25, 0.3) is 0 Å². The number of nitrogens with two attached hydrogens (primary N) is 1. The summed E-state index contributed by atoms with van der Waals surface area (Å²) in [6.07, 6.45) is 1.63. The third-order valence-electron chi connectivity index (χ3n) is 4.58. The molecular weight excluding hydrogens is 262 g/mol. The first-order chi connectivity index (χ1) is 8.30. The molecule has 19 heavy (non-hydrogen) atoms. The second-order valence-electron chi connectivity index (χ2n) is 6.09. The van der Waals surface area contributed by atoms with E-state index in [1.54, 1.807) is 18.3 Å². The summed E-state index contributed by atoms with van der Waals surface area (Å²) in [6.45, 7) is 9.05. The molecule has 0 atom stereocenters. The summed E-state index contributed by atoms with van der Waals surface area (Å²) in [5.41, 5.74) is 7.18. The van der Waals surface area contributed by atoms with Crippen LogP contribution in [0.15, 0.2) is 18.3 Å². The number of hydrogen-bond donors (Lipinski definition) is 2. The van der Waals surface area contributed by atoms with Gasteiger partial charge in [0.2, 0.25) is 0 Å². The fourth-order valence-electron chi connectivity index (χ4n) is 2.50. The summed E-state index contributed by atoms with van der Waals surface area (Å²) in [5.74, 6) is -0.0456. The molecule has 0 unspecified atom stereocenters. The summed E-state index contributed by atoms with van der Waals surface area (Å²) in [4.78, 5) is 16.2. The molecule has 1 amide bonds. The van der Waals surface area contributed by atoms with Crippen molar-refractivity contribution in [2.75, 3.05) is 0 Å². The van der Waals surface area contributed by atoms with Gasteiger partial charge < -0.3 is 11.1 Å². The second-order valence-corrected chi connectivity index (χ2v) is 6.09. The van der Waals surface area contributed by atoms with E-state index in [2.05, 4.69) is 38.0 Å². The number of hydrogen-bond acceptors (Lipinski definition) is 3. The lowest BCUT2D eigenvalue weighted by atomic mass is 10.0. The minimum Gasteiger partial charge on any atom is -0.348 e. The first kappa shape index (κ1) is 15.9. The highest BCUT2D eigenvalue weighted by atomic mass is 35.5. The van der Waals surface area contributed by atoms with E-state index in [-0.39, 0.29) is 35.2 Å². The van der Waals surface area contributed by atoms with Crippen LogP contribution in [0.4, 0.5) is 0 Å². The van der Waals surface area contributed by atoms with Crippen molar-refractivity contribution in [2.45, 2.75) is 40.3 Å². The molecule has 3 N–H and O–H groups in total. The summed E-state index contributed by atoms with van der Waals surface area (Å²) in [7, 11) is 0. The molecule has 1 aliphatic rings. The molecule has 1 aromatic heterocycles. The van der Waals surface area contributed by atoms with Crippen molar-refractivity contribution in [2.24, 2.45) is 16.6 Å². The van der Waals surface area contributed by atoms with E-state index in [4.69, 9.17) is 5.73 Å². The number of aromatic nitrogens is 1. The van der Waals surface area contributed by atoms with Gasteiger partial charge in [-0.15, -0.1) is 12.4 Å².